The summed E-state index contributed by atoms with van der Waals surface area (Å²) in [5.74, 6) is 2.95. The van der Waals surface area contributed by atoms with Crippen LogP contribution in [0.25, 0.3) is 6.08 Å². The molecule has 0 saturated carbocycles. The van der Waals surface area contributed by atoms with Gasteiger partial charge in [0.15, 0.2) is 23.0 Å². The summed E-state index contributed by atoms with van der Waals surface area (Å²) in [6, 6.07) is 9.76. The SMILES string of the molecule is COc1ccc2c(c1OC)CN1CCc3cc4c(cc3C1C2CC(=O)OCCCCC/C=C/c1cc(O)c(C)c(C)c1O)OCO4. The van der Waals surface area contributed by atoms with E-state index < -0.39 is 0 Å². The van der Waals surface area contributed by atoms with Gasteiger partial charge in [-0.1, -0.05) is 18.2 Å². The third-order valence-electron chi connectivity index (χ3n) is 9.67. The largest absolute Gasteiger partial charge is 0.508 e. The molecule has 244 valence electrons. The predicted molar refractivity (Wildman–Crippen MR) is 174 cm³/mol. The highest BCUT2D eigenvalue weighted by Crippen LogP contribution is 2.52. The number of unbranched alkanes of at least 4 members (excludes halogenated alkanes) is 3. The van der Waals surface area contributed by atoms with Crippen LogP contribution in [0.2, 0.25) is 0 Å². The second kappa shape index (κ2) is 13.5. The van der Waals surface area contributed by atoms with Crippen molar-refractivity contribution in [2.24, 2.45) is 0 Å². The maximum Gasteiger partial charge on any atom is 0.306 e. The zero-order chi connectivity index (χ0) is 32.4. The molecule has 0 aliphatic carbocycles. The van der Waals surface area contributed by atoms with Crippen molar-refractivity contribution >= 4 is 12.0 Å². The van der Waals surface area contributed by atoms with Gasteiger partial charge in [0, 0.05) is 36.2 Å². The van der Waals surface area contributed by atoms with Crippen LogP contribution >= 0.6 is 0 Å². The predicted octanol–water partition coefficient (Wildman–Crippen LogP) is 6.86. The standard InChI is InChI=1S/C37H43NO8/c1-22-23(2)36(41)25(16-30(22)39)10-8-6-5-7-9-15-44-34(40)19-28-26-11-12-31(42-3)37(43-4)29(26)20-38-14-13-24-17-32-33(46-21-45-32)18-27(24)35(28)38/h8,10-12,16-18,28,35,39,41H,5-7,9,13-15,19-21H2,1-4H3/b10-8+. The van der Waals surface area contributed by atoms with E-state index in [9.17, 15) is 15.0 Å². The Morgan fingerprint density at radius 1 is 1.00 bits per heavy atom. The minimum Gasteiger partial charge on any atom is -0.508 e. The van der Waals surface area contributed by atoms with Crippen LogP contribution in [0.1, 0.15) is 83.0 Å². The Hall–Kier alpha value is -4.37. The molecule has 9 heteroatoms. The molecule has 0 bridgehead atoms. The summed E-state index contributed by atoms with van der Waals surface area (Å²) < 4.78 is 28.6. The van der Waals surface area contributed by atoms with Gasteiger partial charge >= 0.3 is 5.97 Å². The van der Waals surface area contributed by atoms with Gasteiger partial charge in [0.1, 0.15) is 11.5 Å². The first kappa shape index (κ1) is 31.6. The number of hydrogen-bond acceptors (Lipinski definition) is 9. The van der Waals surface area contributed by atoms with Gasteiger partial charge in [-0.2, -0.15) is 0 Å². The van der Waals surface area contributed by atoms with Crippen molar-refractivity contribution in [1.82, 2.24) is 4.90 Å². The van der Waals surface area contributed by atoms with Gasteiger partial charge in [0.05, 0.1) is 27.2 Å². The van der Waals surface area contributed by atoms with E-state index in [0.29, 0.717) is 41.3 Å². The van der Waals surface area contributed by atoms with Crippen molar-refractivity contribution in [2.75, 3.05) is 34.2 Å². The lowest BCUT2D eigenvalue weighted by Gasteiger charge is -2.46. The first-order valence-corrected chi connectivity index (χ1v) is 16.0. The van der Waals surface area contributed by atoms with Crippen LogP contribution in [-0.4, -0.2) is 55.2 Å². The molecule has 2 N–H and O–H groups in total. The van der Waals surface area contributed by atoms with E-state index in [-0.39, 0.29) is 42.6 Å². The van der Waals surface area contributed by atoms with Gasteiger partial charge < -0.3 is 33.9 Å². The number of hydrogen-bond donors (Lipinski definition) is 2. The summed E-state index contributed by atoms with van der Waals surface area (Å²) in [7, 11) is 3.30. The molecule has 3 aromatic carbocycles. The highest BCUT2D eigenvalue weighted by Gasteiger charge is 2.42. The number of carbonyl (C=O) groups is 1. The first-order chi connectivity index (χ1) is 22.3. The zero-order valence-corrected chi connectivity index (χ0v) is 27.1. The fourth-order valence-electron chi connectivity index (χ4n) is 7.06. The Balaban J connectivity index is 1.10. The normalized spacial score (nSPS) is 18.2. The first-order valence-electron chi connectivity index (χ1n) is 16.0. The number of phenolic OH excluding ortho intramolecular Hbond substituents is 2. The third kappa shape index (κ3) is 6.08. The van der Waals surface area contributed by atoms with E-state index in [4.69, 9.17) is 23.7 Å². The highest BCUT2D eigenvalue weighted by molar-refractivity contribution is 5.72. The summed E-state index contributed by atoms with van der Waals surface area (Å²) in [5.41, 5.74) is 6.51. The van der Waals surface area contributed by atoms with Crippen molar-refractivity contribution in [2.45, 2.75) is 70.9 Å². The molecule has 46 heavy (non-hydrogen) atoms. The van der Waals surface area contributed by atoms with Crippen molar-refractivity contribution < 1.29 is 38.7 Å². The third-order valence-corrected chi connectivity index (χ3v) is 9.67. The Morgan fingerprint density at radius 3 is 2.59 bits per heavy atom. The van der Waals surface area contributed by atoms with Gasteiger partial charge in [-0.05, 0) is 98.0 Å². The van der Waals surface area contributed by atoms with E-state index in [2.05, 4.69) is 23.1 Å². The number of nitrogens with zero attached hydrogens (tertiary/aromatic N) is 1. The molecule has 0 saturated heterocycles. The minimum absolute atomic E-state index is 0.0122. The molecule has 6 rings (SSSR count). The number of carbonyl (C=O) groups excluding carboxylic acids is 1. The molecular weight excluding hydrogens is 586 g/mol. The lowest BCUT2D eigenvalue weighted by atomic mass is 9.74. The molecule has 9 nitrogen and oxygen atoms in total. The molecule has 3 heterocycles. The number of fused-ring (bicyclic) bond motifs is 5. The number of aromatic hydroxyl groups is 2. The van der Waals surface area contributed by atoms with Crippen LogP contribution < -0.4 is 18.9 Å². The molecule has 0 amide bonds. The average Bonchev–Trinajstić information content (AvgIpc) is 3.52. The second-order valence-electron chi connectivity index (χ2n) is 12.3. The molecule has 2 atom stereocenters. The summed E-state index contributed by atoms with van der Waals surface area (Å²) in [6.07, 6.45) is 8.38. The topological polar surface area (TPSA) is 107 Å². The summed E-state index contributed by atoms with van der Waals surface area (Å²) in [5, 5.41) is 20.4. The number of benzene rings is 3. The molecule has 3 aromatic rings. The molecule has 0 radical (unpaired) electrons. The molecule has 0 fully saturated rings. The molecule has 3 aliphatic heterocycles. The van der Waals surface area contributed by atoms with Gasteiger partial charge in [-0.25, -0.2) is 0 Å². The molecule has 3 aliphatic rings. The number of allylic oxidation sites excluding steroid dienone is 1. The average molecular weight is 630 g/mol. The highest BCUT2D eigenvalue weighted by atomic mass is 16.7. The van der Waals surface area contributed by atoms with Crippen molar-refractivity contribution in [3.63, 3.8) is 0 Å². The van der Waals surface area contributed by atoms with Crippen LogP contribution in [0, 0.1) is 13.8 Å². The summed E-state index contributed by atoms with van der Waals surface area (Å²) in [4.78, 5) is 15.8. The Bertz CT molecular complexity index is 1650. The van der Waals surface area contributed by atoms with E-state index in [1.807, 2.05) is 18.2 Å². The molecule has 0 spiro atoms. The number of phenols is 2. The molecule has 0 aromatic heterocycles. The maximum absolute atomic E-state index is 13.4. The second-order valence-corrected chi connectivity index (χ2v) is 12.3. The monoisotopic (exact) mass is 629 g/mol. The smallest absolute Gasteiger partial charge is 0.306 e. The summed E-state index contributed by atoms with van der Waals surface area (Å²) >= 11 is 0. The number of rotatable bonds is 11. The quantitative estimate of drug-likeness (QED) is 0.134. The Kier molecular flexibility index (Phi) is 9.31. The fourth-order valence-corrected chi connectivity index (χ4v) is 7.06. The van der Waals surface area contributed by atoms with E-state index >= 15 is 0 Å². The van der Waals surface area contributed by atoms with E-state index in [1.165, 1.54) is 11.1 Å². The molecule has 2 unspecified atom stereocenters. The maximum atomic E-state index is 13.4. The van der Waals surface area contributed by atoms with Crippen molar-refractivity contribution in [1.29, 1.82) is 0 Å². The lowest BCUT2D eigenvalue weighted by Crippen LogP contribution is -2.42. The summed E-state index contributed by atoms with van der Waals surface area (Å²) in [6.45, 7) is 5.71. The van der Waals surface area contributed by atoms with Crippen LogP contribution in [-0.2, 0) is 22.5 Å². The zero-order valence-electron chi connectivity index (χ0n) is 27.1. The van der Waals surface area contributed by atoms with Gasteiger partial charge in [-0.3, -0.25) is 9.69 Å². The van der Waals surface area contributed by atoms with Crippen molar-refractivity contribution in [3.8, 4) is 34.5 Å². The lowest BCUT2D eigenvalue weighted by molar-refractivity contribution is -0.144. The van der Waals surface area contributed by atoms with Crippen LogP contribution in [0.4, 0.5) is 0 Å². The number of esters is 1. The Labute approximate surface area is 270 Å². The van der Waals surface area contributed by atoms with Crippen LogP contribution in [0.3, 0.4) is 0 Å². The minimum atomic E-state index is -0.217. The fraction of sp³-hybridized carbons (Fsp3) is 0.432. The Morgan fingerprint density at radius 2 is 1.80 bits per heavy atom. The van der Waals surface area contributed by atoms with E-state index in [0.717, 1.165) is 61.3 Å². The van der Waals surface area contributed by atoms with Crippen LogP contribution in [0.15, 0.2) is 36.4 Å². The van der Waals surface area contributed by atoms with Gasteiger partial charge in [0.25, 0.3) is 0 Å². The van der Waals surface area contributed by atoms with Gasteiger partial charge in [0.2, 0.25) is 6.79 Å². The van der Waals surface area contributed by atoms with E-state index in [1.54, 1.807) is 34.1 Å². The van der Waals surface area contributed by atoms with Crippen LogP contribution in [0.5, 0.6) is 34.5 Å². The van der Waals surface area contributed by atoms with Gasteiger partial charge in [-0.15, -0.1) is 0 Å². The number of ether oxygens (including phenoxy) is 5. The van der Waals surface area contributed by atoms with Crippen molar-refractivity contribution in [3.05, 3.63) is 75.4 Å². The molecular formula is C37H43NO8. The number of methoxy groups -OCH3 is 2.